The third kappa shape index (κ3) is 11.1. The van der Waals surface area contributed by atoms with Crippen LogP contribution in [0, 0.1) is 0 Å². The van der Waals surface area contributed by atoms with Crippen LogP contribution in [0.4, 0.5) is 4.79 Å². The number of hydrazine groups is 1. The lowest BCUT2D eigenvalue weighted by Crippen LogP contribution is -2.46. The highest BCUT2D eigenvalue weighted by Crippen LogP contribution is 2.05. The van der Waals surface area contributed by atoms with Gasteiger partial charge >= 0.3 is 6.09 Å². The zero-order valence-corrected chi connectivity index (χ0v) is 12.0. The first-order chi connectivity index (χ1) is 8.74. The summed E-state index contributed by atoms with van der Waals surface area (Å²) in [6.07, 6.45) is 1.34. The predicted octanol–water partition coefficient (Wildman–Crippen LogP) is 0.849. The minimum absolute atomic E-state index is 0.257. The van der Waals surface area contributed by atoms with E-state index >= 15 is 0 Å². The normalized spacial score (nSPS) is 10.5. The second kappa shape index (κ2) is 8.34. The van der Waals surface area contributed by atoms with Crippen molar-refractivity contribution in [3.8, 4) is 0 Å². The van der Waals surface area contributed by atoms with Crippen LogP contribution in [-0.4, -0.2) is 30.1 Å². The standard InChI is InChI=1S/C12H23N3O4/c1-5-6-7-9(16)14-15-10(17)8-13-11(18)19-12(2,3)4/h5-8H2,1-4H3,(H,13,18)(H,14,16)(H,15,17). The summed E-state index contributed by atoms with van der Waals surface area (Å²) in [6.45, 7) is 6.88. The number of ether oxygens (including phenoxy) is 1. The molecule has 0 saturated heterocycles. The van der Waals surface area contributed by atoms with Gasteiger partial charge < -0.3 is 10.1 Å². The van der Waals surface area contributed by atoms with Crippen molar-refractivity contribution in [3.63, 3.8) is 0 Å². The number of nitrogens with one attached hydrogen (secondary N) is 3. The van der Waals surface area contributed by atoms with Gasteiger partial charge in [0, 0.05) is 6.42 Å². The molecule has 110 valence electrons. The highest BCUT2D eigenvalue weighted by atomic mass is 16.6. The van der Waals surface area contributed by atoms with Crippen LogP contribution in [0.15, 0.2) is 0 Å². The second-order valence-electron chi connectivity index (χ2n) is 5.06. The van der Waals surface area contributed by atoms with Gasteiger partial charge in [0.25, 0.3) is 5.91 Å². The molecule has 0 rings (SSSR count). The van der Waals surface area contributed by atoms with E-state index in [4.69, 9.17) is 4.74 Å². The van der Waals surface area contributed by atoms with Crippen molar-refractivity contribution in [2.24, 2.45) is 0 Å². The summed E-state index contributed by atoms with van der Waals surface area (Å²) in [6, 6.07) is 0. The van der Waals surface area contributed by atoms with Crippen molar-refractivity contribution in [2.75, 3.05) is 6.54 Å². The van der Waals surface area contributed by atoms with Crippen LogP contribution in [0.2, 0.25) is 0 Å². The predicted molar refractivity (Wildman–Crippen MR) is 70.0 cm³/mol. The van der Waals surface area contributed by atoms with E-state index in [-0.39, 0.29) is 12.5 Å². The molecule has 0 spiro atoms. The summed E-state index contributed by atoms with van der Waals surface area (Å²) < 4.78 is 4.95. The van der Waals surface area contributed by atoms with Crippen molar-refractivity contribution in [2.45, 2.75) is 52.6 Å². The lowest BCUT2D eigenvalue weighted by Gasteiger charge is -2.19. The number of hydrogen-bond donors (Lipinski definition) is 3. The van der Waals surface area contributed by atoms with Crippen molar-refractivity contribution in [1.82, 2.24) is 16.2 Å². The molecule has 0 aromatic rings. The fourth-order valence-electron chi connectivity index (χ4n) is 1.05. The van der Waals surface area contributed by atoms with Gasteiger partial charge in [-0.15, -0.1) is 0 Å². The fraction of sp³-hybridized carbons (Fsp3) is 0.750. The van der Waals surface area contributed by atoms with Crippen LogP contribution in [0.1, 0.15) is 47.0 Å². The molecule has 0 unspecified atom stereocenters. The molecule has 0 atom stereocenters. The van der Waals surface area contributed by atoms with E-state index in [0.717, 1.165) is 12.8 Å². The van der Waals surface area contributed by atoms with Gasteiger partial charge in [-0.3, -0.25) is 20.4 Å². The highest BCUT2D eigenvalue weighted by molar-refractivity contribution is 5.85. The van der Waals surface area contributed by atoms with Gasteiger partial charge in [0.05, 0.1) is 0 Å². The minimum atomic E-state index is -0.681. The number of alkyl carbamates (subject to hydrolysis) is 1. The largest absolute Gasteiger partial charge is 0.444 e. The maximum absolute atomic E-state index is 11.3. The van der Waals surface area contributed by atoms with Gasteiger partial charge in [0.15, 0.2) is 0 Å². The number of carbonyl (C=O) groups is 3. The lowest BCUT2D eigenvalue weighted by molar-refractivity contribution is -0.128. The van der Waals surface area contributed by atoms with Crippen LogP contribution >= 0.6 is 0 Å². The molecule has 3 amide bonds. The van der Waals surface area contributed by atoms with Gasteiger partial charge in [0.1, 0.15) is 12.1 Å². The Labute approximate surface area is 113 Å². The van der Waals surface area contributed by atoms with E-state index in [0.29, 0.717) is 6.42 Å². The molecule has 0 fully saturated rings. The third-order valence-electron chi connectivity index (χ3n) is 1.89. The van der Waals surface area contributed by atoms with Crippen LogP contribution in [-0.2, 0) is 14.3 Å². The maximum atomic E-state index is 11.3. The van der Waals surface area contributed by atoms with Gasteiger partial charge in [-0.1, -0.05) is 13.3 Å². The Hall–Kier alpha value is -1.79. The summed E-state index contributed by atoms with van der Waals surface area (Å²) in [5.41, 5.74) is 3.84. The zero-order chi connectivity index (χ0) is 14.9. The van der Waals surface area contributed by atoms with E-state index < -0.39 is 17.6 Å². The Bertz CT molecular complexity index is 323. The van der Waals surface area contributed by atoms with E-state index in [2.05, 4.69) is 16.2 Å². The Balaban J connectivity index is 3.76. The number of carbonyl (C=O) groups excluding carboxylic acids is 3. The van der Waals surface area contributed by atoms with Crippen LogP contribution in [0.3, 0.4) is 0 Å². The van der Waals surface area contributed by atoms with Crippen molar-refractivity contribution in [3.05, 3.63) is 0 Å². The van der Waals surface area contributed by atoms with E-state index in [1.165, 1.54) is 0 Å². The van der Waals surface area contributed by atoms with Gasteiger partial charge in [0.2, 0.25) is 5.91 Å². The van der Waals surface area contributed by atoms with E-state index in [1.54, 1.807) is 20.8 Å². The molecule has 0 aromatic heterocycles. The van der Waals surface area contributed by atoms with E-state index in [1.807, 2.05) is 6.92 Å². The Morgan fingerprint density at radius 3 is 2.16 bits per heavy atom. The van der Waals surface area contributed by atoms with Crippen molar-refractivity contribution >= 4 is 17.9 Å². The molecule has 3 N–H and O–H groups in total. The smallest absolute Gasteiger partial charge is 0.408 e. The molecular weight excluding hydrogens is 250 g/mol. The van der Waals surface area contributed by atoms with Crippen molar-refractivity contribution < 1.29 is 19.1 Å². The van der Waals surface area contributed by atoms with Crippen molar-refractivity contribution in [1.29, 1.82) is 0 Å². The van der Waals surface area contributed by atoms with Gasteiger partial charge in [-0.25, -0.2) is 4.79 Å². The summed E-state index contributed by atoms with van der Waals surface area (Å²) in [5, 5.41) is 2.28. The molecule has 0 heterocycles. The van der Waals surface area contributed by atoms with Gasteiger partial charge in [-0.2, -0.15) is 0 Å². The zero-order valence-electron chi connectivity index (χ0n) is 12.0. The first-order valence-corrected chi connectivity index (χ1v) is 6.29. The Morgan fingerprint density at radius 1 is 1.05 bits per heavy atom. The molecule has 7 heteroatoms. The second-order valence-corrected chi connectivity index (χ2v) is 5.06. The Kier molecular flexibility index (Phi) is 7.55. The third-order valence-corrected chi connectivity index (χ3v) is 1.89. The average molecular weight is 273 g/mol. The lowest BCUT2D eigenvalue weighted by atomic mass is 10.2. The molecule has 0 saturated carbocycles. The molecule has 7 nitrogen and oxygen atoms in total. The SMILES string of the molecule is CCCCC(=O)NNC(=O)CNC(=O)OC(C)(C)C. The molecule has 19 heavy (non-hydrogen) atoms. The van der Waals surface area contributed by atoms with E-state index in [9.17, 15) is 14.4 Å². The van der Waals surface area contributed by atoms with Crippen LogP contribution < -0.4 is 16.2 Å². The van der Waals surface area contributed by atoms with Crippen LogP contribution in [0.25, 0.3) is 0 Å². The molecule has 0 aromatic carbocycles. The maximum Gasteiger partial charge on any atom is 0.408 e. The highest BCUT2D eigenvalue weighted by Gasteiger charge is 2.16. The summed E-state index contributed by atoms with van der Waals surface area (Å²) in [7, 11) is 0. The topological polar surface area (TPSA) is 96.5 Å². The minimum Gasteiger partial charge on any atom is -0.444 e. The monoisotopic (exact) mass is 273 g/mol. The van der Waals surface area contributed by atoms with Crippen LogP contribution in [0.5, 0.6) is 0 Å². The molecule has 0 aliphatic heterocycles. The number of amides is 3. The summed E-state index contributed by atoms with van der Waals surface area (Å²) in [4.78, 5) is 33.7. The Morgan fingerprint density at radius 2 is 1.63 bits per heavy atom. The molecule has 0 aliphatic carbocycles. The molecular formula is C12H23N3O4. The quantitative estimate of drug-likeness (QED) is 0.647. The summed E-state index contributed by atoms with van der Waals surface area (Å²) >= 11 is 0. The van der Waals surface area contributed by atoms with Gasteiger partial charge in [-0.05, 0) is 27.2 Å². The molecule has 0 radical (unpaired) electrons. The fourth-order valence-corrected chi connectivity index (χ4v) is 1.05. The summed E-state index contributed by atoms with van der Waals surface area (Å²) in [5.74, 6) is -0.775. The number of rotatable bonds is 5. The first-order valence-electron chi connectivity index (χ1n) is 6.29. The average Bonchev–Trinajstić information content (AvgIpc) is 2.29. The first kappa shape index (κ1) is 17.2. The number of unbranched alkanes of at least 4 members (excludes halogenated alkanes) is 1. The molecule has 0 aliphatic rings. The molecule has 0 bridgehead atoms. The number of hydrogen-bond acceptors (Lipinski definition) is 4.